The zero-order valence-electron chi connectivity index (χ0n) is 27.1. The van der Waals surface area contributed by atoms with Gasteiger partial charge in [0, 0.05) is 56.1 Å². The molecule has 1 saturated heterocycles. The summed E-state index contributed by atoms with van der Waals surface area (Å²) in [7, 11) is 8.25. The highest BCUT2D eigenvalue weighted by Gasteiger charge is 2.22. The number of aromatic nitrogens is 2. The lowest BCUT2D eigenvalue weighted by molar-refractivity contribution is 0.133. The number of piperazine rings is 1. The molecule has 240 valence electrons. The maximum atomic E-state index is 5.71. The van der Waals surface area contributed by atoms with Crippen LogP contribution in [0.15, 0.2) is 53.4 Å². The lowest BCUT2D eigenvalue weighted by Crippen LogP contribution is -2.47. The number of rotatable bonds is 13. The molecule has 1 N–H and O–H groups in total. The summed E-state index contributed by atoms with van der Waals surface area (Å²) >= 11 is 0. The molecule has 1 unspecified atom stereocenters. The Morgan fingerprint density at radius 1 is 0.756 bits per heavy atom. The van der Waals surface area contributed by atoms with Gasteiger partial charge in [-0.05, 0) is 48.4 Å². The van der Waals surface area contributed by atoms with Gasteiger partial charge < -0.3 is 29.0 Å². The Hall–Kier alpha value is -4.35. The van der Waals surface area contributed by atoms with Gasteiger partial charge >= 0.3 is 0 Å². The van der Waals surface area contributed by atoms with Crippen molar-refractivity contribution in [3.63, 3.8) is 0 Å². The largest absolute Gasteiger partial charge is 0.496 e. The maximum absolute atomic E-state index is 5.71. The summed E-state index contributed by atoms with van der Waals surface area (Å²) in [5.74, 6) is 3.46. The second-order valence-corrected chi connectivity index (χ2v) is 11.1. The summed E-state index contributed by atoms with van der Waals surface area (Å²) in [5, 5.41) is 3.34. The standard InChI is InChI=1S/C34H44N6O5/c1-7-8-27-30(41-2)13-23(14-31(27)42-3)28-17-25(35-21-37-28)19-39-9-11-40(12-10-39)20-26-18-29(38-22-36-26)24-15-32(43-4)34(45-6)33(16-24)44-5/h13-18,21-22,29H,7-12,19-20H2,1-6H3,(H,36,38). The summed E-state index contributed by atoms with van der Waals surface area (Å²) in [6, 6.07) is 9.92. The van der Waals surface area contributed by atoms with Crippen molar-refractivity contribution in [3.05, 3.63) is 65.3 Å². The fourth-order valence-electron chi connectivity index (χ4n) is 5.88. The Labute approximate surface area is 265 Å². The van der Waals surface area contributed by atoms with Gasteiger partial charge in [-0.1, -0.05) is 13.3 Å². The van der Waals surface area contributed by atoms with Crippen LogP contribution in [0.25, 0.3) is 11.3 Å². The van der Waals surface area contributed by atoms with Crippen molar-refractivity contribution in [2.75, 3.05) is 68.3 Å². The number of methoxy groups -OCH3 is 5. The molecule has 2 aliphatic heterocycles. The molecular formula is C34H44N6O5. The summed E-state index contributed by atoms with van der Waals surface area (Å²) in [5.41, 5.74) is 5.98. The summed E-state index contributed by atoms with van der Waals surface area (Å²) < 4.78 is 28.0. The van der Waals surface area contributed by atoms with E-state index >= 15 is 0 Å². The molecular weight excluding hydrogens is 572 g/mol. The molecule has 11 nitrogen and oxygen atoms in total. The molecule has 11 heteroatoms. The molecule has 0 bridgehead atoms. The number of benzene rings is 2. The van der Waals surface area contributed by atoms with E-state index in [1.807, 2.05) is 24.3 Å². The SMILES string of the molecule is CCCc1c(OC)cc(-c2cc(CN3CCN(CC4=CC(c5cc(OC)c(OC)c(OC)c5)N=CN4)CC3)ncn2)cc1OC. The number of hydrogen-bond acceptors (Lipinski definition) is 11. The molecule has 1 atom stereocenters. The van der Waals surface area contributed by atoms with E-state index < -0.39 is 0 Å². The van der Waals surface area contributed by atoms with Crippen molar-refractivity contribution in [2.24, 2.45) is 4.99 Å². The lowest BCUT2D eigenvalue weighted by atomic mass is 10.0. The van der Waals surface area contributed by atoms with Crippen LogP contribution in [0, 0.1) is 0 Å². The molecule has 5 rings (SSSR count). The van der Waals surface area contributed by atoms with E-state index in [0.717, 1.165) is 97.4 Å². The third kappa shape index (κ3) is 7.49. The van der Waals surface area contributed by atoms with Crippen molar-refractivity contribution in [1.29, 1.82) is 0 Å². The van der Waals surface area contributed by atoms with Crippen LogP contribution in [0.4, 0.5) is 0 Å². The van der Waals surface area contributed by atoms with Crippen LogP contribution >= 0.6 is 0 Å². The van der Waals surface area contributed by atoms with Crippen LogP contribution < -0.4 is 29.0 Å². The van der Waals surface area contributed by atoms with E-state index in [1.165, 1.54) is 0 Å². The van der Waals surface area contributed by atoms with Gasteiger partial charge in [-0.3, -0.25) is 14.8 Å². The summed E-state index contributed by atoms with van der Waals surface area (Å²) in [6.45, 7) is 7.54. The molecule has 0 aliphatic carbocycles. The maximum Gasteiger partial charge on any atom is 0.203 e. The molecule has 0 radical (unpaired) electrons. The molecule has 0 spiro atoms. The smallest absolute Gasteiger partial charge is 0.203 e. The third-order valence-electron chi connectivity index (χ3n) is 8.24. The Morgan fingerprint density at radius 3 is 1.96 bits per heavy atom. The zero-order chi connectivity index (χ0) is 31.8. The number of nitrogens with one attached hydrogen (secondary N) is 1. The first-order valence-electron chi connectivity index (χ1n) is 15.3. The molecule has 0 amide bonds. The van der Waals surface area contributed by atoms with Gasteiger partial charge in [0.2, 0.25) is 5.75 Å². The van der Waals surface area contributed by atoms with E-state index in [0.29, 0.717) is 17.2 Å². The first-order chi connectivity index (χ1) is 22.0. The number of aliphatic imine (C=N–C) groups is 1. The fraction of sp³-hybridized carbons (Fsp3) is 0.441. The van der Waals surface area contributed by atoms with E-state index in [4.69, 9.17) is 23.7 Å². The highest BCUT2D eigenvalue weighted by atomic mass is 16.5. The predicted molar refractivity (Wildman–Crippen MR) is 175 cm³/mol. The van der Waals surface area contributed by atoms with Crippen molar-refractivity contribution >= 4 is 6.34 Å². The van der Waals surface area contributed by atoms with Crippen LogP contribution in [-0.4, -0.2) is 94.4 Å². The van der Waals surface area contributed by atoms with Gasteiger partial charge in [0.05, 0.1) is 59.3 Å². The average molecular weight is 617 g/mol. The number of hydrogen-bond donors (Lipinski definition) is 1. The number of ether oxygens (including phenoxy) is 5. The van der Waals surface area contributed by atoms with Crippen molar-refractivity contribution in [2.45, 2.75) is 32.4 Å². The number of nitrogens with zero attached hydrogens (tertiary/aromatic N) is 5. The minimum atomic E-state index is -0.147. The normalized spacial score (nSPS) is 16.9. The minimum absolute atomic E-state index is 0.147. The molecule has 45 heavy (non-hydrogen) atoms. The van der Waals surface area contributed by atoms with Crippen LogP contribution in [0.1, 0.15) is 36.2 Å². The summed E-state index contributed by atoms with van der Waals surface area (Å²) in [6.07, 6.45) is 7.48. The minimum Gasteiger partial charge on any atom is -0.496 e. The second kappa shape index (κ2) is 15.1. The molecule has 1 aromatic heterocycles. The first-order valence-corrected chi connectivity index (χ1v) is 15.3. The van der Waals surface area contributed by atoms with E-state index in [2.05, 4.69) is 49.1 Å². The summed E-state index contributed by atoms with van der Waals surface area (Å²) in [4.78, 5) is 18.7. The van der Waals surface area contributed by atoms with Gasteiger partial charge in [0.25, 0.3) is 0 Å². The average Bonchev–Trinajstić information content (AvgIpc) is 3.08. The Balaban J connectivity index is 1.20. The van der Waals surface area contributed by atoms with Crippen LogP contribution in [0.2, 0.25) is 0 Å². The Bertz CT molecular complexity index is 1470. The topological polar surface area (TPSA) is 103 Å². The van der Waals surface area contributed by atoms with E-state index in [9.17, 15) is 0 Å². The van der Waals surface area contributed by atoms with Crippen LogP contribution in [-0.2, 0) is 13.0 Å². The van der Waals surface area contributed by atoms with Gasteiger partial charge in [0.1, 0.15) is 17.8 Å². The first kappa shape index (κ1) is 32.1. The van der Waals surface area contributed by atoms with Gasteiger partial charge in [0.15, 0.2) is 11.5 Å². The predicted octanol–water partition coefficient (Wildman–Crippen LogP) is 4.51. The van der Waals surface area contributed by atoms with Gasteiger partial charge in [-0.25, -0.2) is 9.97 Å². The quantitative estimate of drug-likeness (QED) is 0.295. The van der Waals surface area contributed by atoms with Gasteiger partial charge in [-0.2, -0.15) is 0 Å². The molecule has 1 fully saturated rings. The van der Waals surface area contributed by atoms with E-state index in [-0.39, 0.29) is 6.04 Å². The Morgan fingerprint density at radius 2 is 1.38 bits per heavy atom. The van der Waals surface area contributed by atoms with Crippen molar-refractivity contribution in [3.8, 4) is 40.0 Å². The van der Waals surface area contributed by atoms with Crippen LogP contribution in [0.3, 0.4) is 0 Å². The second-order valence-electron chi connectivity index (χ2n) is 11.1. The molecule has 3 aromatic rings. The van der Waals surface area contributed by atoms with Crippen molar-refractivity contribution < 1.29 is 23.7 Å². The van der Waals surface area contributed by atoms with E-state index in [1.54, 1.807) is 48.2 Å². The fourth-order valence-corrected chi connectivity index (χ4v) is 5.88. The molecule has 2 aromatic carbocycles. The monoisotopic (exact) mass is 616 g/mol. The zero-order valence-corrected chi connectivity index (χ0v) is 27.1. The Kier molecular flexibility index (Phi) is 10.7. The molecule has 0 saturated carbocycles. The highest BCUT2D eigenvalue weighted by Crippen LogP contribution is 2.41. The highest BCUT2D eigenvalue weighted by molar-refractivity contribution is 5.67. The van der Waals surface area contributed by atoms with Crippen LogP contribution in [0.5, 0.6) is 28.7 Å². The lowest BCUT2D eigenvalue weighted by Gasteiger charge is -2.35. The van der Waals surface area contributed by atoms with Crippen molar-refractivity contribution in [1.82, 2.24) is 25.1 Å². The third-order valence-corrected chi connectivity index (χ3v) is 8.24. The molecule has 3 heterocycles. The molecule has 2 aliphatic rings. The van der Waals surface area contributed by atoms with Gasteiger partial charge in [-0.15, -0.1) is 0 Å².